The van der Waals surface area contributed by atoms with Crippen LogP contribution in [0.4, 0.5) is 4.39 Å². The Bertz CT molecular complexity index is 570. The number of hydrogen-bond donors (Lipinski definition) is 1. The Labute approximate surface area is 121 Å². The second-order valence-electron chi connectivity index (χ2n) is 4.67. The van der Waals surface area contributed by atoms with E-state index < -0.39 is 5.60 Å². The lowest BCUT2D eigenvalue weighted by atomic mass is 9.88. The summed E-state index contributed by atoms with van der Waals surface area (Å²) in [6, 6.07) is 9.53. The molecule has 0 aliphatic heterocycles. The summed E-state index contributed by atoms with van der Waals surface area (Å²) < 4.78 is 13.6. The molecule has 4 heteroatoms. The molecular formula is C15H13Cl2FO. The fourth-order valence-electron chi connectivity index (χ4n) is 1.86. The van der Waals surface area contributed by atoms with Crippen LogP contribution in [-0.2, 0) is 5.60 Å². The molecular weight excluding hydrogens is 286 g/mol. The molecule has 0 saturated heterocycles. The van der Waals surface area contributed by atoms with Gasteiger partial charge < -0.3 is 5.11 Å². The number of aliphatic hydroxyl groups is 1. The van der Waals surface area contributed by atoms with Gasteiger partial charge in [-0.2, -0.15) is 0 Å². The van der Waals surface area contributed by atoms with Gasteiger partial charge >= 0.3 is 0 Å². The third-order valence-corrected chi connectivity index (χ3v) is 3.95. The largest absolute Gasteiger partial charge is 0.381 e. The highest BCUT2D eigenvalue weighted by Crippen LogP contribution is 2.33. The van der Waals surface area contributed by atoms with Crippen molar-refractivity contribution >= 4 is 23.2 Å². The molecule has 1 atom stereocenters. The Morgan fingerprint density at radius 3 is 2.16 bits per heavy atom. The second-order valence-corrected chi connectivity index (χ2v) is 5.48. The molecule has 0 fully saturated rings. The van der Waals surface area contributed by atoms with E-state index in [1.807, 2.05) is 0 Å². The lowest BCUT2D eigenvalue weighted by molar-refractivity contribution is 0.102. The van der Waals surface area contributed by atoms with E-state index in [4.69, 9.17) is 23.2 Å². The van der Waals surface area contributed by atoms with E-state index in [-0.39, 0.29) is 5.82 Å². The van der Waals surface area contributed by atoms with Gasteiger partial charge in [-0.15, -0.1) is 0 Å². The van der Waals surface area contributed by atoms with Gasteiger partial charge in [0.15, 0.2) is 0 Å². The molecule has 0 aromatic heterocycles. The van der Waals surface area contributed by atoms with E-state index in [0.717, 1.165) is 0 Å². The topological polar surface area (TPSA) is 20.2 Å². The van der Waals surface area contributed by atoms with E-state index in [2.05, 4.69) is 0 Å². The molecule has 1 unspecified atom stereocenters. The van der Waals surface area contributed by atoms with Crippen LogP contribution in [0.25, 0.3) is 0 Å². The van der Waals surface area contributed by atoms with Crippen LogP contribution in [0.5, 0.6) is 0 Å². The summed E-state index contributed by atoms with van der Waals surface area (Å²) in [5.74, 6) is -0.349. The summed E-state index contributed by atoms with van der Waals surface area (Å²) in [6.45, 7) is 3.27. The van der Waals surface area contributed by atoms with Crippen molar-refractivity contribution in [2.75, 3.05) is 0 Å². The summed E-state index contributed by atoms with van der Waals surface area (Å²) in [5, 5.41) is 11.4. The molecule has 2 aromatic carbocycles. The Morgan fingerprint density at radius 1 is 1.00 bits per heavy atom. The van der Waals surface area contributed by atoms with Gasteiger partial charge in [-0.1, -0.05) is 41.4 Å². The summed E-state index contributed by atoms with van der Waals surface area (Å²) in [5.41, 5.74) is 0.232. The smallest absolute Gasteiger partial charge is 0.126 e. The molecule has 0 radical (unpaired) electrons. The quantitative estimate of drug-likeness (QED) is 0.852. The Kier molecular flexibility index (Phi) is 3.86. The number of hydrogen-bond acceptors (Lipinski definition) is 1. The molecule has 0 bridgehead atoms. The Morgan fingerprint density at radius 2 is 1.58 bits per heavy atom. The second kappa shape index (κ2) is 5.12. The zero-order valence-corrected chi connectivity index (χ0v) is 12.1. The first-order chi connectivity index (χ1) is 8.82. The fraction of sp³-hybridized carbons (Fsp3) is 0.200. The van der Waals surface area contributed by atoms with Gasteiger partial charge in [0, 0.05) is 0 Å². The van der Waals surface area contributed by atoms with Gasteiger partial charge in [0.25, 0.3) is 0 Å². The predicted molar refractivity (Wildman–Crippen MR) is 76.3 cm³/mol. The Hall–Kier alpha value is -1.09. The van der Waals surface area contributed by atoms with Crippen LogP contribution in [0.2, 0.25) is 10.0 Å². The maximum absolute atomic E-state index is 13.6. The average molecular weight is 299 g/mol. The SMILES string of the molecule is Cc1ccc(C(C)(O)c2ccc(Cl)c(Cl)c2)cc1F. The fourth-order valence-corrected chi connectivity index (χ4v) is 2.16. The van der Waals surface area contributed by atoms with Gasteiger partial charge in [0.05, 0.1) is 10.0 Å². The van der Waals surface area contributed by atoms with Crippen molar-refractivity contribution in [1.82, 2.24) is 0 Å². The number of benzene rings is 2. The van der Waals surface area contributed by atoms with Gasteiger partial charge in [-0.3, -0.25) is 0 Å². The molecule has 2 rings (SSSR count). The molecule has 0 spiro atoms. The third kappa shape index (κ3) is 2.76. The van der Waals surface area contributed by atoms with Crippen LogP contribution >= 0.6 is 23.2 Å². The van der Waals surface area contributed by atoms with E-state index in [1.165, 1.54) is 6.07 Å². The highest BCUT2D eigenvalue weighted by atomic mass is 35.5. The minimum absolute atomic E-state index is 0.349. The highest BCUT2D eigenvalue weighted by molar-refractivity contribution is 6.42. The van der Waals surface area contributed by atoms with Gasteiger partial charge in [-0.25, -0.2) is 4.39 Å². The lowest BCUT2D eigenvalue weighted by Gasteiger charge is -2.25. The predicted octanol–water partition coefficient (Wildman–Crippen LogP) is 4.70. The highest BCUT2D eigenvalue weighted by Gasteiger charge is 2.26. The molecule has 0 saturated carbocycles. The summed E-state index contributed by atoms with van der Waals surface area (Å²) in [7, 11) is 0. The molecule has 19 heavy (non-hydrogen) atoms. The number of aryl methyl sites for hydroxylation is 1. The van der Waals surface area contributed by atoms with E-state index in [1.54, 1.807) is 44.2 Å². The van der Waals surface area contributed by atoms with Crippen LogP contribution in [0.3, 0.4) is 0 Å². The molecule has 1 N–H and O–H groups in total. The summed E-state index contributed by atoms with van der Waals surface area (Å²) in [4.78, 5) is 0. The van der Waals surface area contributed by atoms with Crippen LogP contribution in [0.1, 0.15) is 23.6 Å². The standard InChI is InChI=1S/C15H13Cl2FO/c1-9-3-4-11(8-14(9)18)15(2,19)10-5-6-12(16)13(17)7-10/h3-8,19H,1-2H3. The first-order valence-electron chi connectivity index (χ1n) is 5.77. The first-order valence-corrected chi connectivity index (χ1v) is 6.52. The molecule has 0 heterocycles. The van der Waals surface area contributed by atoms with E-state index in [9.17, 15) is 9.50 Å². The maximum Gasteiger partial charge on any atom is 0.126 e. The molecule has 0 aliphatic carbocycles. The van der Waals surface area contributed by atoms with Crippen molar-refractivity contribution in [1.29, 1.82) is 0 Å². The van der Waals surface area contributed by atoms with Gasteiger partial charge in [0.1, 0.15) is 11.4 Å². The van der Waals surface area contributed by atoms with Crippen molar-refractivity contribution in [3.63, 3.8) is 0 Å². The monoisotopic (exact) mass is 298 g/mol. The summed E-state index contributed by atoms with van der Waals surface area (Å²) >= 11 is 11.8. The zero-order chi connectivity index (χ0) is 14.2. The zero-order valence-electron chi connectivity index (χ0n) is 10.5. The minimum atomic E-state index is -1.33. The molecule has 100 valence electrons. The molecule has 0 amide bonds. The number of halogens is 3. The van der Waals surface area contributed by atoms with Crippen LogP contribution in [-0.4, -0.2) is 5.11 Å². The van der Waals surface area contributed by atoms with Crippen LogP contribution in [0.15, 0.2) is 36.4 Å². The maximum atomic E-state index is 13.6. The van der Waals surface area contributed by atoms with Crippen molar-refractivity contribution in [2.45, 2.75) is 19.4 Å². The van der Waals surface area contributed by atoms with Crippen molar-refractivity contribution in [2.24, 2.45) is 0 Å². The van der Waals surface area contributed by atoms with Crippen LogP contribution in [0, 0.1) is 12.7 Å². The Balaban J connectivity index is 2.51. The normalized spacial score (nSPS) is 14.2. The first kappa shape index (κ1) is 14.3. The van der Waals surface area contributed by atoms with Gasteiger partial charge in [-0.05, 0) is 48.7 Å². The van der Waals surface area contributed by atoms with Crippen molar-refractivity contribution < 1.29 is 9.50 Å². The third-order valence-electron chi connectivity index (χ3n) is 3.22. The molecule has 1 nitrogen and oxygen atoms in total. The lowest BCUT2D eigenvalue weighted by Crippen LogP contribution is -2.23. The van der Waals surface area contributed by atoms with Crippen molar-refractivity contribution in [3.8, 4) is 0 Å². The molecule has 0 aliphatic rings. The van der Waals surface area contributed by atoms with Gasteiger partial charge in [0.2, 0.25) is 0 Å². The summed E-state index contributed by atoms with van der Waals surface area (Å²) in [6.07, 6.45) is 0. The van der Waals surface area contributed by atoms with Crippen molar-refractivity contribution in [3.05, 3.63) is 69.0 Å². The minimum Gasteiger partial charge on any atom is -0.381 e. The number of rotatable bonds is 2. The molecule has 2 aromatic rings. The van der Waals surface area contributed by atoms with E-state index in [0.29, 0.717) is 26.7 Å². The average Bonchev–Trinajstić information content (AvgIpc) is 2.35. The van der Waals surface area contributed by atoms with Crippen LogP contribution < -0.4 is 0 Å². The van der Waals surface area contributed by atoms with E-state index >= 15 is 0 Å².